The van der Waals surface area contributed by atoms with Crippen molar-refractivity contribution in [3.05, 3.63) is 52.8 Å². The van der Waals surface area contributed by atoms with E-state index in [1.807, 2.05) is 30.3 Å². The molecule has 1 aromatic heterocycles. The first-order valence-corrected chi connectivity index (χ1v) is 8.88. The van der Waals surface area contributed by atoms with Gasteiger partial charge in [-0.15, -0.1) is 0 Å². The van der Waals surface area contributed by atoms with Crippen molar-refractivity contribution in [3.63, 3.8) is 0 Å². The Bertz CT molecular complexity index is 828. The molecule has 1 atom stereocenters. The molecule has 6 heteroatoms. The van der Waals surface area contributed by atoms with Crippen LogP contribution in [0, 0.1) is 5.92 Å². The number of benzene rings is 1. The minimum absolute atomic E-state index is 0.00256. The van der Waals surface area contributed by atoms with E-state index >= 15 is 0 Å². The molecule has 2 amide bonds. The van der Waals surface area contributed by atoms with Crippen molar-refractivity contribution in [1.82, 2.24) is 9.47 Å². The van der Waals surface area contributed by atoms with Crippen molar-refractivity contribution in [2.75, 3.05) is 18.0 Å². The minimum atomic E-state index is -0.273. The fourth-order valence-corrected chi connectivity index (χ4v) is 3.89. The van der Waals surface area contributed by atoms with Gasteiger partial charge < -0.3 is 14.4 Å². The lowest BCUT2D eigenvalue weighted by atomic mass is 10.0. The summed E-state index contributed by atoms with van der Waals surface area (Å²) in [5.41, 5.74) is 3.31. The summed E-state index contributed by atoms with van der Waals surface area (Å²) in [7, 11) is 2.01. The van der Waals surface area contributed by atoms with Crippen molar-refractivity contribution in [3.8, 4) is 0 Å². The lowest BCUT2D eigenvalue weighted by Gasteiger charge is -2.30. The van der Waals surface area contributed by atoms with Crippen LogP contribution in [0.25, 0.3) is 0 Å². The number of hydrogen-bond acceptors (Lipinski definition) is 2. The van der Waals surface area contributed by atoms with Crippen LogP contribution in [0.2, 0.25) is 5.02 Å². The number of fused-ring (bicyclic) bond motifs is 1. The van der Waals surface area contributed by atoms with Gasteiger partial charge in [-0.1, -0.05) is 11.6 Å². The average Bonchev–Trinajstić information content (AvgIpc) is 3.18. The summed E-state index contributed by atoms with van der Waals surface area (Å²) >= 11 is 5.91. The van der Waals surface area contributed by atoms with Gasteiger partial charge in [-0.3, -0.25) is 9.59 Å². The molecule has 5 nitrogen and oxygen atoms in total. The first kappa shape index (κ1) is 16.2. The molecule has 0 saturated carbocycles. The number of carbonyl (C=O) groups is 2. The summed E-state index contributed by atoms with van der Waals surface area (Å²) < 4.78 is 2.08. The van der Waals surface area contributed by atoms with Crippen LogP contribution in [-0.2, 0) is 29.6 Å². The second kappa shape index (κ2) is 6.23. The summed E-state index contributed by atoms with van der Waals surface area (Å²) in [4.78, 5) is 28.9. The molecular formula is C19H20ClN3O2. The molecule has 3 heterocycles. The Kier molecular flexibility index (Phi) is 4.04. The second-order valence-electron chi connectivity index (χ2n) is 6.79. The van der Waals surface area contributed by atoms with Crippen LogP contribution in [0.15, 0.2) is 36.5 Å². The minimum Gasteiger partial charge on any atom is -0.353 e. The van der Waals surface area contributed by atoms with Gasteiger partial charge in [0.15, 0.2) is 0 Å². The molecule has 25 heavy (non-hydrogen) atoms. The van der Waals surface area contributed by atoms with Crippen molar-refractivity contribution < 1.29 is 9.59 Å². The molecular weight excluding hydrogens is 338 g/mol. The second-order valence-corrected chi connectivity index (χ2v) is 7.23. The zero-order valence-corrected chi connectivity index (χ0v) is 14.9. The molecule has 130 valence electrons. The van der Waals surface area contributed by atoms with E-state index in [0.29, 0.717) is 18.1 Å². The topological polar surface area (TPSA) is 45.6 Å². The quantitative estimate of drug-likeness (QED) is 0.829. The first-order chi connectivity index (χ1) is 12.0. The number of aryl methyl sites for hydroxylation is 1. The van der Waals surface area contributed by atoms with Gasteiger partial charge in [0.2, 0.25) is 11.8 Å². The third-order valence-corrected chi connectivity index (χ3v) is 5.46. The molecule has 1 fully saturated rings. The van der Waals surface area contributed by atoms with Crippen LogP contribution in [0.1, 0.15) is 17.7 Å². The third-order valence-electron chi connectivity index (χ3n) is 5.21. The van der Waals surface area contributed by atoms with Crippen molar-refractivity contribution in [2.45, 2.75) is 19.4 Å². The van der Waals surface area contributed by atoms with Gasteiger partial charge in [0.1, 0.15) is 0 Å². The van der Waals surface area contributed by atoms with Crippen LogP contribution in [-0.4, -0.2) is 34.4 Å². The van der Waals surface area contributed by atoms with Crippen molar-refractivity contribution >= 4 is 29.1 Å². The standard InChI is InChI=1S/C19H20ClN3O2/c1-21-8-6-13-7-9-22(12-17(13)21)19(25)14-10-18(24)23(11-14)16-4-2-15(20)3-5-16/h2-6,8,14H,7,9-12H2,1H3. The summed E-state index contributed by atoms with van der Waals surface area (Å²) in [5, 5.41) is 0.634. The molecule has 1 saturated heterocycles. The molecule has 1 unspecified atom stereocenters. The maximum Gasteiger partial charge on any atom is 0.228 e. The Morgan fingerprint density at radius 1 is 1.20 bits per heavy atom. The molecule has 0 N–H and O–H groups in total. The van der Waals surface area contributed by atoms with Gasteiger partial charge in [0, 0.05) is 49.2 Å². The normalized spacial score (nSPS) is 20.1. The molecule has 0 aliphatic carbocycles. The van der Waals surface area contributed by atoms with Crippen LogP contribution < -0.4 is 4.90 Å². The average molecular weight is 358 g/mol. The van der Waals surface area contributed by atoms with Crippen LogP contribution >= 0.6 is 11.6 Å². The smallest absolute Gasteiger partial charge is 0.228 e. The molecule has 0 spiro atoms. The lowest BCUT2D eigenvalue weighted by molar-refractivity contribution is -0.136. The van der Waals surface area contributed by atoms with Gasteiger partial charge in [-0.25, -0.2) is 0 Å². The first-order valence-electron chi connectivity index (χ1n) is 8.50. The summed E-state index contributed by atoms with van der Waals surface area (Å²) in [6, 6.07) is 9.30. The molecule has 1 aromatic carbocycles. The zero-order chi connectivity index (χ0) is 17.6. The summed E-state index contributed by atoms with van der Waals surface area (Å²) in [5.74, 6) is -0.195. The van der Waals surface area contributed by atoms with Gasteiger partial charge >= 0.3 is 0 Å². The zero-order valence-electron chi connectivity index (χ0n) is 14.1. The van der Waals surface area contributed by atoms with E-state index in [-0.39, 0.29) is 24.2 Å². The van der Waals surface area contributed by atoms with Gasteiger partial charge in [-0.2, -0.15) is 0 Å². The van der Waals surface area contributed by atoms with Crippen LogP contribution in [0.4, 0.5) is 5.69 Å². The van der Waals surface area contributed by atoms with Crippen LogP contribution in [0.3, 0.4) is 0 Å². The number of nitrogens with zero attached hydrogens (tertiary/aromatic N) is 3. The summed E-state index contributed by atoms with van der Waals surface area (Å²) in [6.45, 7) is 1.79. The maximum absolute atomic E-state index is 12.9. The Labute approximate surface area is 151 Å². The molecule has 2 aliphatic heterocycles. The number of carbonyl (C=O) groups excluding carboxylic acids is 2. The van der Waals surface area contributed by atoms with E-state index in [0.717, 1.165) is 18.7 Å². The SMILES string of the molecule is Cn1ccc2c1CN(C(=O)C1CC(=O)N(c3ccc(Cl)cc3)C1)CC2. The van der Waals surface area contributed by atoms with Gasteiger partial charge in [0.25, 0.3) is 0 Å². The van der Waals surface area contributed by atoms with E-state index in [4.69, 9.17) is 11.6 Å². The Morgan fingerprint density at radius 2 is 1.96 bits per heavy atom. The Hall–Kier alpha value is -2.27. The largest absolute Gasteiger partial charge is 0.353 e. The predicted octanol–water partition coefficient (Wildman–Crippen LogP) is 2.62. The van der Waals surface area contributed by atoms with Crippen LogP contribution in [0.5, 0.6) is 0 Å². The maximum atomic E-state index is 12.9. The highest BCUT2D eigenvalue weighted by molar-refractivity contribution is 6.30. The number of rotatable bonds is 2. The molecule has 0 radical (unpaired) electrons. The fourth-order valence-electron chi connectivity index (χ4n) is 3.76. The van der Waals surface area contributed by atoms with E-state index < -0.39 is 0 Å². The van der Waals surface area contributed by atoms with E-state index in [2.05, 4.69) is 10.6 Å². The van der Waals surface area contributed by atoms with E-state index in [9.17, 15) is 9.59 Å². The predicted molar refractivity (Wildman–Crippen MR) is 96.4 cm³/mol. The lowest BCUT2D eigenvalue weighted by Crippen LogP contribution is -2.41. The Morgan fingerprint density at radius 3 is 2.72 bits per heavy atom. The van der Waals surface area contributed by atoms with E-state index in [1.54, 1.807) is 17.0 Å². The van der Waals surface area contributed by atoms with Gasteiger partial charge in [0.05, 0.1) is 12.5 Å². The highest BCUT2D eigenvalue weighted by Gasteiger charge is 2.38. The highest BCUT2D eigenvalue weighted by atomic mass is 35.5. The highest BCUT2D eigenvalue weighted by Crippen LogP contribution is 2.29. The number of amides is 2. The van der Waals surface area contributed by atoms with Crippen molar-refractivity contribution in [1.29, 1.82) is 0 Å². The fraction of sp³-hybridized carbons (Fsp3) is 0.368. The van der Waals surface area contributed by atoms with Crippen molar-refractivity contribution in [2.24, 2.45) is 13.0 Å². The molecule has 2 aromatic rings. The molecule has 2 aliphatic rings. The molecule has 4 rings (SSSR count). The monoisotopic (exact) mass is 357 g/mol. The third kappa shape index (κ3) is 2.93. The number of halogens is 1. The number of aromatic nitrogens is 1. The van der Waals surface area contributed by atoms with E-state index in [1.165, 1.54) is 11.3 Å². The van der Waals surface area contributed by atoms with Gasteiger partial charge in [-0.05, 0) is 42.3 Å². The number of anilines is 1. The number of hydrogen-bond donors (Lipinski definition) is 0. The molecule has 0 bridgehead atoms. The Balaban J connectivity index is 1.48. The summed E-state index contributed by atoms with van der Waals surface area (Å²) in [6.07, 6.45) is 3.20.